The van der Waals surface area contributed by atoms with Gasteiger partial charge in [0.2, 0.25) is 0 Å². The summed E-state index contributed by atoms with van der Waals surface area (Å²) >= 11 is 0. The molecule has 1 aromatic carbocycles. The van der Waals surface area contributed by atoms with Gasteiger partial charge in [-0.3, -0.25) is 4.90 Å². The number of hydrogen-bond donors (Lipinski definition) is 2. The molecule has 4 nitrogen and oxygen atoms in total. The summed E-state index contributed by atoms with van der Waals surface area (Å²) in [5.74, 6) is 0. The molecule has 2 N–H and O–H groups in total. The molecule has 0 aliphatic carbocycles. The van der Waals surface area contributed by atoms with E-state index in [0.29, 0.717) is 0 Å². The van der Waals surface area contributed by atoms with E-state index < -0.39 is 5.60 Å². The number of hydrogen-bond acceptors (Lipinski definition) is 3. The van der Waals surface area contributed by atoms with Crippen LogP contribution in [0.5, 0.6) is 0 Å². The van der Waals surface area contributed by atoms with E-state index >= 15 is 0 Å². The molecule has 3 heterocycles. The van der Waals surface area contributed by atoms with E-state index in [4.69, 9.17) is 0 Å². The van der Waals surface area contributed by atoms with Crippen molar-refractivity contribution in [1.29, 1.82) is 0 Å². The molecule has 2 aromatic rings. The highest BCUT2D eigenvalue weighted by atomic mass is 16.3. The predicted octanol–water partition coefficient (Wildman–Crippen LogP) is 2.37. The average molecular weight is 313 g/mol. The second-order valence-corrected chi connectivity index (χ2v) is 7.29. The van der Waals surface area contributed by atoms with E-state index in [1.165, 1.54) is 22.2 Å². The maximum absolute atomic E-state index is 11.0. The van der Waals surface area contributed by atoms with Crippen LogP contribution in [0.15, 0.2) is 24.3 Å². The summed E-state index contributed by atoms with van der Waals surface area (Å²) in [5.41, 5.74) is 3.51. The van der Waals surface area contributed by atoms with Gasteiger partial charge in [0.05, 0.1) is 5.60 Å². The van der Waals surface area contributed by atoms with Crippen LogP contribution in [0.25, 0.3) is 10.9 Å². The Kier molecular flexibility index (Phi) is 3.92. The van der Waals surface area contributed by atoms with Crippen LogP contribution in [0, 0.1) is 0 Å². The van der Waals surface area contributed by atoms with Crippen LogP contribution in [0.3, 0.4) is 0 Å². The topological polar surface area (TPSA) is 42.5 Å². The molecular weight excluding hydrogens is 286 g/mol. The first-order valence-electron chi connectivity index (χ1n) is 8.92. The minimum absolute atomic E-state index is 0.544. The molecule has 0 unspecified atom stereocenters. The van der Waals surface area contributed by atoms with Crippen molar-refractivity contribution in [1.82, 2.24) is 14.8 Å². The van der Waals surface area contributed by atoms with E-state index in [0.717, 1.165) is 58.5 Å². The third-order valence-corrected chi connectivity index (χ3v) is 5.56. The Hall–Kier alpha value is -1.36. The monoisotopic (exact) mass is 313 g/mol. The van der Waals surface area contributed by atoms with Crippen LogP contribution in [-0.4, -0.2) is 58.2 Å². The van der Waals surface area contributed by atoms with E-state index in [-0.39, 0.29) is 0 Å². The number of likely N-dealkylation sites (tertiary alicyclic amines) is 1. The summed E-state index contributed by atoms with van der Waals surface area (Å²) in [6.45, 7) is 7.95. The van der Waals surface area contributed by atoms with Gasteiger partial charge in [-0.1, -0.05) is 25.1 Å². The number of β-amino-alcohol motifs (C(OH)–C–C–N with tert-alkyl or cyclic N) is 1. The standard InChI is InChI=1S/C19H27N3O/c1-2-21-10-5-9-19(23,13-21)14-22-11-8-18-16(12-22)15-6-3-4-7-17(15)20-18/h3-4,6-7,20,23H,2,5,8-14H2,1H3/t19-/m1/s1. The van der Waals surface area contributed by atoms with Crippen molar-refractivity contribution in [2.24, 2.45) is 0 Å². The molecule has 0 spiro atoms. The van der Waals surface area contributed by atoms with Crippen LogP contribution in [0.4, 0.5) is 0 Å². The number of aromatic amines is 1. The molecule has 1 saturated heterocycles. The Labute approximate surface area is 138 Å². The lowest BCUT2D eigenvalue weighted by Crippen LogP contribution is -2.54. The number of likely N-dealkylation sites (N-methyl/N-ethyl adjacent to an activating group) is 1. The number of piperidine rings is 1. The number of nitrogens with zero attached hydrogens (tertiary/aromatic N) is 2. The van der Waals surface area contributed by atoms with Gasteiger partial charge in [-0.15, -0.1) is 0 Å². The van der Waals surface area contributed by atoms with E-state index in [1.807, 2.05) is 0 Å². The Morgan fingerprint density at radius 3 is 2.96 bits per heavy atom. The molecular formula is C19H27N3O. The van der Waals surface area contributed by atoms with Gasteiger partial charge in [-0.2, -0.15) is 0 Å². The number of nitrogens with one attached hydrogen (secondary N) is 1. The summed E-state index contributed by atoms with van der Waals surface area (Å²) in [4.78, 5) is 8.39. The highest BCUT2D eigenvalue weighted by Gasteiger charge is 2.35. The molecule has 1 atom stereocenters. The predicted molar refractivity (Wildman–Crippen MR) is 93.6 cm³/mol. The van der Waals surface area contributed by atoms with Gasteiger partial charge in [-0.05, 0) is 37.6 Å². The summed E-state index contributed by atoms with van der Waals surface area (Å²) in [7, 11) is 0. The number of rotatable bonds is 3. The number of aliphatic hydroxyl groups is 1. The Morgan fingerprint density at radius 1 is 1.22 bits per heavy atom. The maximum Gasteiger partial charge on any atom is 0.0900 e. The summed E-state index contributed by atoms with van der Waals surface area (Å²) in [5, 5.41) is 12.4. The second-order valence-electron chi connectivity index (χ2n) is 7.29. The first kappa shape index (κ1) is 15.2. The molecule has 2 aliphatic rings. The van der Waals surface area contributed by atoms with Gasteiger partial charge in [0, 0.05) is 49.2 Å². The van der Waals surface area contributed by atoms with Crippen molar-refractivity contribution in [3.63, 3.8) is 0 Å². The number of aromatic nitrogens is 1. The molecule has 4 rings (SSSR count). The molecule has 0 amide bonds. The minimum Gasteiger partial charge on any atom is -0.387 e. The van der Waals surface area contributed by atoms with Crippen molar-refractivity contribution in [3.8, 4) is 0 Å². The van der Waals surface area contributed by atoms with Crippen molar-refractivity contribution in [2.75, 3.05) is 32.7 Å². The lowest BCUT2D eigenvalue weighted by Gasteiger charge is -2.42. The van der Waals surface area contributed by atoms with Gasteiger partial charge in [0.15, 0.2) is 0 Å². The van der Waals surface area contributed by atoms with Crippen molar-refractivity contribution in [3.05, 3.63) is 35.5 Å². The molecule has 0 bridgehead atoms. The summed E-state index contributed by atoms with van der Waals surface area (Å²) in [6, 6.07) is 8.57. The minimum atomic E-state index is -0.544. The fourth-order valence-electron chi connectivity index (χ4n) is 4.38. The number of para-hydroxylation sites is 1. The zero-order valence-electron chi connectivity index (χ0n) is 14.0. The molecule has 2 aliphatic heterocycles. The lowest BCUT2D eigenvalue weighted by atomic mass is 9.91. The zero-order valence-corrected chi connectivity index (χ0v) is 14.0. The first-order chi connectivity index (χ1) is 11.2. The highest BCUT2D eigenvalue weighted by Crippen LogP contribution is 2.30. The van der Waals surface area contributed by atoms with E-state index in [9.17, 15) is 5.11 Å². The first-order valence-corrected chi connectivity index (χ1v) is 8.92. The number of fused-ring (bicyclic) bond motifs is 3. The lowest BCUT2D eigenvalue weighted by molar-refractivity contribution is -0.0543. The Bertz CT molecular complexity index is 695. The molecule has 124 valence electrons. The molecule has 23 heavy (non-hydrogen) atoms. The van der Waals surface area contributed by atoms with Crippen LogP contribution in [0.1, 0.15) is 31.0 Å². The van der Waals surface area contributed by atoms with E-state index in [1.54, 1.807) is 0 Å². The SMILES string of the molecule is CCN1CCC[C@](O)(CN2CCc3[nH]c4ccccc4c3C2)C1. The average Bonchev–Trinajstić information content (AvgIpc) is 2.92. The maximum atomic E-state index is 11.0. The normalized spacial score (nSPS) is 26.5. The van der Waals surface area contributed by atoms with E-state index in [2.05, 4.69) is 46.0 Å². The Morgan fingerprint density at radius 2 is 2.09 bits per heavy atom. The molecule has 0 radical (unpaired) electrons. The molecule has 0 saturated carbocycles. The van der Waals surface area contributed by atoms with Crippen molar-refractivity contribution >= 4 is 10.9 Å². The third-order valence-electron chi connectivity index (χ3n) is 5.56. The van der Waals surface area contributed by atoms with Crippen LogP contribution >= 0.6 is 0 Å². The number of benzene rings is 1. The molecule has 1 fully saturated rings. The van der Waals surface area contributed by atoms with Gasteiger partial charge in [-0.25, -0.2) is 0 Å². The number of H-pyrrole nitrogens is 1. The fraction of sp³-hybridized carbons (Fsp3) is 0.579. The second kappa shape index (κ2) is 5.93. The smallest absolute Gasteiger partial charge is 0.0900 e. The quantitative estimate of drug-likeness (QED) is 0.914. The van der Waals surface area contributed by atoms with Gasteiger partial charge in [0.25, 0.3) is 0 Å². The summed E-state index contributed by atoms with van der Waals surface area (Å²) in [6.07, 6.45) is 3.09. The van der Waals surface area contributed by atoms with Gasteiger partial charge >= 0.3 is 0 Å². The summed E-state index contributed by atoms with van der Waals surface area (Å²) < 4.78 is 0. The zero-order chi connectivity index (χ0) is 15.9. The van der Waals surface area contributed by atoms with Crippen molar-refractivity contribution < 1.29 is 5.11 Å². The van der Waals surface area contributed by atoms with Gasteiger partial charge in [0.1, 0.15) is 0 Å². The Balaban J connectivity index is 1.51. The van der Waals surface area contributed by atoms with Crippen LogP contribution in [-0.2, 0) is 13.0 Å². The highest BCUT2D eigenvalue weighted by molar-refractivity contribution is 5.84. The van der Waals surface area contributed by atoms with Crippen LogP contribution in [0.2, 0.25) is 0 Å². The molecule has 4 heteroatoms. The van der Waals surface area contributed by atoms with Crippen LogP contribution < -0.4 is 0 Å². The largest absolute Gasteiger partial charge is 0.387 e. The van der Waals surface area contributed by atoms with Crippen molar-refractivity contribution in [2.45, 2.75) is 38.3 Å². The molecule has 1 aromatic heterocycles. The third kappa shape index (κ3) is 2.91. The van der Waals surface area contributed by atoms with Gasteiger partial charge < -0.3 is 15.0 Å². The fourth-order valence-corrected chi connectivity index (χ4v) is 4.38.